The molecule has 0 radical (unpaired) electrons. The molecule has 0 atom stereocenters. The Labute approximate surface area is 126 Å². The summed E-state index contributed by atoms with van der Waals surface area (Å²) in [6.45, 7) is 9.11. The highest BCUT2D eigenvalue weighted by atomic mass is 35.5. The van der Waals surface area contributed by atoms with Crippen LogP contribution in [0.25, 0.3) is 0 Å². The van der Waals surface area contributed by atoms with E-state index < -0.39 is 0 Å². The zero-order chi connectivity index (χ0) is 15.3. The van der Waals surface area contributed by atoms with E-state index in [1.54, 1.807) is 6.07 Å². The summed E-state index contributed by atoms with van der Waals surface area (Å²) in [5, 5.41) is 0.289. The quantitative estimate of drug-likeness (QED) is 0.816. The Morgan fingerprint density at radius 1 is 1.40 bits per heavy atom. The molecule has 0 bridgehead atoms. The first-order valence-corrected chi connectivity index (χ1v) is 7.50. The molecule has 0 spiro atoms. The number of carbonyl (C=O) groups is 1. The van der Waals surface area contributed by atoms with Gasteiger partial charge in [0.15, 0.2) is 0 Å². The first kappa shape index (κ1) is 16.8. The molecule has 1 amide bonds. The Balaban J connectivity index is 3.12. The van der Waals surface area contributed by atoms with Gasteiger partial charge in [-0.05, 0) is 24.8 Å². The molecule has 0 saturated carbocycles. The average molecular weight is 298 g/mol. The van der Waals surface area contributed by atoms with Crippen molar-refractivity contribution in [2.45, 2.75) is 46.6 Å². The summed E-state index contributed by atoms with van der Waals surface area (Å²) in [6.07, 6.45) is 3.29. The molecule has 0 fully saturated rings. The smallest absolute Gasteiger partial charge is 0.256 e. The van der Waals surface area contributed by atoms with E-state index in [0.717, 1.165) is 12.8 Å². The van der Waals surface area contributed by atoms with E-state index in [9.17, 15) is 4.79 Å². The summed E-state index contributed by atoms with van der Waals surface area (Å²) in [4.78, 5) is 18.6. The molecule has 20 heavy (non-hydrogen) atoms. The molecule has 1 heterocycles. The van der Waals surface area contributed by atoms with E-state index in [0.29, 0.717) is 23.7 Å². The SMILES string of the molecule is CCC(CC)N(CC(C)C)C(=O)c1cc(Cl)ncc1N. The van der Waals surface area contributed by atoms with Crippen molar-refractivity contribution >= 4 is 23.2 Å². The zero-order valence-corrected chi connectivity index (χ0v) is 13.4. The molecule has 2 N–H and O–H groups in total. The van der Waals surface area contributed by atoms with E-state index in [-0.39, 0.29) is 17.1 Å². The molecular weight excluding hydrogens is 274 g/mol. The van der Waals surface area contributed by atoms with Gasteiger partial charge in [0.2, 0.25) is 0 Å². The zero-order valence-electron chi connectivity index (χ0n) is 12.7. The summed E-state index contributed by atoms with van der Waals surface area (Å²) in [6, 6.07) is 1.77. The molecule has 0 aliphatic carbocycles. The maximum Gasteiger partial charge on any atom is 0.256 e. The third kappa shape index (κ3) is 4.10. The monoisotopic (exact) mass is 297 g/mol. The van der Waals surface area contributed by atoms with Gasteiger partial charge in [-0.1, -0.05) is 39.3 Å². The first-order chi connectivity index (χ1) is 9.40. The Hall–Kier alpha value is -1.29. The molecule has 4 nitrogen and oxygen atoms in total. The van der Waals surface area contributed by atoms with Crippen LogP contribution < -0.4 is 5.73 Å². The maximum absolute atomic E-state index is 12.8. The van der Waals surface area contributed by atoms with Gasteiger partial charge >= 0.3 is 0 Å². The van der Waals surface area contributed by atoms with Crippen LogP contribution in [0.4, 0.5) is 5.69 Å². The minimum atomic E-state index is -0.0609. The van der Waals surface area contributed by atoms with Crippen molar-refractivity contribution in [2.75, 3.05) is 12.3 Å². The van der Waals surface area contributed by atoms with Gasteiger partial charge in [0, 0.05) is 12.6 Å². The molecule has 0 aliphatic rings. The van der Waals surface area contributed by atoms with Gasteiger partial charge in [-0.25, -0.2) is 4.98 Å². The number of nitrogens with zero attached hydrogens (tertiary/aromatic N) is 2. The second-order valence-corrected chi connectivity index (χ2v) is 5.80. The van der Waals surface area contributed by atoms with Crippen LogP contribution >= 0.6 is 11.6 Å². The lowest BCUT2D eigenvalue weighted by atomic mass is 10.1. The molecule has 0 aromatic carbocycles. The molecule has 1 aromatic rings. The van der Waals surface area contributed by atoms with Crippen LogP contribution in [0.2, 0.25) is 5.15 Å². The number of carbonyl (C=O) groups excluding carboxylic acids is 1. The normalized spacial score (nSPS) is 11.2. The number of hydrogen-bond donors (Lipinski definition) is 1. The number of amides is 1. The van der Waals surface area contributed by atoms with Gasteiger partial charge in [-0.2, -0.15) is 0 Å². The molecular formula is C15H24ClN3O. The van der Waals surface area contributed by atoms with Gasteiger partial charge in [-0.15, -0.1) is 0 Å². The van der Waals surface area contributed by atoms with Crippen LogP contribution in [-0.4, -0.2) is 28.4 Å². The van der Waals surface area contributed by atoms with E-state index in [1.807, 2.05) is 4.90 Å². The Morgan fingerprint density at radius 2 is 2.00 bits per heavy atom. The molecule has 1 rings (SSSR count). The molecule has 1 aromatic heterocycles. The van der Waals surface area contributed by atoms with Crippen molar-refractivity contribution in [3.8, 4) is 0 Å². The molecule has 0 unspecified atom stereocenters. The largest absolute Gasteiger partial charge is 0.397 e. The van der Waals surface area contributed by atoms with Crippen LogP contribution in [0.5, 0.6) is 0 Å². The van der Waals surface area contributed by atoms with E-state index in [1.165, 1.54) is 6.20 Å². The van der Waals surface area contributed by atoms with E-state index in [4.69, 9.17) is 17.3 Å². The Bertz CT molecular complexity index is 458. The topological polar surface area (TPSA) is 59.2 Å². The third-order valence-corrected chi connectivity index (χ3v) is 3.54. The van der Waals surface area contributed by atoms with E-state index >= 15 is 0 Å². The molecule has 0 saturated heterocycles. The first-order valence-electron chi connectivity index (χ1n) is 7.12. The number of halogens is 1. The van der Waals surface area contributed by atoms with Crippen LogP contribution in [-0.2, 0) is 0 Å². The van der Waals surface area contributed by atoms with Crippen LogP contribution in [0.3, 0.4) is 0 Å². The van der Waals surface area contributed by atoms with Gasteiger partial charge in [-0.3, -0.25) is 4.79 Å². The van der Waals surface area contributed by atoms with Crippen molar-refractivity contribution in [2.24, 2.45) is 5.92 Å². The van der Waals surface area contributed by atoms with Crippen molar-refractivity contribution < 1.29 is 4.79 Å². The fourth-order valence-electron chi connectivity index (χ4n) is 2.30. The number of anilines is 1. The van der Waals surface area contributed by atoms with Gasteiger partial charge < -0.3 is 10.6 Å². The van der Waals surface area contributed by atoms with Crippen molar-refractivity contribution in [3.05, 3.63) is 23.0 Å². The average Bonchev–Trinajstić information content (AvgIpc) is 2.40. The van der Waals surface area contributed by atoms with Crippen LogP contribution in [0.15, 0.2) is 12.3 Å². The minimum Gasteiger partial charge on any atom is -0.397 e. The van der Waals surface area contributed by atoms with Crippen LogP contribution in [0.1, 0.15) is 50.9 Å². The lowest BCUT2D eigenvalue weighted by Gasteiger charge is -2.32. The predicted octanol–water partition coefficient (Wildman–Crippen LogP) is 3.60. The Morgan fingerprint density at radius 3 is 2.50 bits per heavy atom. The number of pyridine rings is 1. The maximum atomic E-state index is 12.8. The second-order valence-electron chi connectivity index (χ2n) is 5.42. The van der Waals surface area contributed by atoms with Crippen molar-refractivity contribution in [3.63, 3.8) is 0 Å². The highest BCUT2D eigenvalue weighted by molar-refractivity contribution is 6.29. The van der Waals surface area contributed by atoms with Gasteiger partial charge in [0.05, 0.1) is 17.4 Å². The highest BCUT2D eigenvalue weighted by Gasteiger charge is 2.25. The molecule has 112 valence electrons. The predicted molar refractivity (Wildman–Crippen MR) is 83.9 cm³/mol. The number of hydrogen-bond acceptors (Lipinski definition) is 3. The van der Waals surface area contributed by atoms with E-state index in [2.05, 4.69) is 32.7 Å². The molecule has 5 heteroatoms. The summed E-state index contributed by atoms with van der Waals surface area (Å²) in [7, 11) is 0. The lowest BCUT2D eigenvalue weighted by molar-refractivity contribution is 0.0641. The standard InChI is InChI=1S/C15H24ClN3O/c1-5-11(6-2)19(9-10(3)4)15(20)12-7-14(16)18-8-13(12)17/h7-8,10-11H,5-6,9,17H2,1-4H3. The fourth-order valence-corrected chi connectivity index (χ4v) is 2.46. The van der Waals surface area contributed by atoms with Crippen molar-refractivity contribution in [1.29, 1.82) is 0 Å². The van der Waals surface area contributed by atoms with Gasteiger partial charge in [0.1, 0.15) is 5.15 Å². The van der Waals surface area contributed by atoms with Gasteiger partial charge in [0.25, 0.3) is 5.91 Å². The summed E-state index contributed by atoms with van der Waals surface area (Å²) >= 11 is 5.88. The third-order valence-electron chi connectivity index (χ3n) is 3.34. The number of rotatable bonds is 6. The minimum absolute atomic E-state index is 0.0609. The summed E-state index contributed by atoms with van der Waals surface area (Å²) < 4.78 is 0. The number of nitrogen functional groups attached to an aromatic ring is 1. The Kier molecular flexibility index (Phi) is 6.27. The summed E-state index contributed by atoms with van der Waals surface area (Å²) in [5.74, 6) is 0.340. The van der Waals surface area contributed by atoms with Crippen LogP contribution in [0, 0.1) is 5.92 Å². The lowest BCUT2D eigenvalue weighted by Crippen LogP contribution is -2.42. The summed E-state index contributed by atoms with van der Waals surface area (Å²) in [5.41, 5.74) is 6.69. The highest BCUT2D eigenvalue weighted by Crippen LogP contribution is 2.21. The molecule has 0 aliphatic heterocycles. The van der Waals surface area contributed by atoms with Crippen molar-refractivity contribution in [1.82, 2.24) is 9.88 Å². The fraction of sp³-hybridized carbons (Fsp3) is 0.600. The second kappa shape index (κ2) is 7.48. The number of nitrogens with two attached hydrogens (primary N) is 1. The number of aromatic nitrogens is 1.